The Bertz CT molecular complexity index is 643. The molecule has 2 rings (SSSR count). The molecule has 0 unspecified atom stereocenters. The number of sulfonamides is 1. The van der Waals surface area contributed by atoms with Gasteiger partial charge in [-0.3, -0.25) is 5.10 Å². The van der Waals surface area contributed by atoms with E-state index in [2.05, 4.69) is 19.9 Å². The highest BCUT2D eigenvalue weighted by molar-refractivity contribution is 7.89. The van der Waals surface area contributed by atoms with Crippen molar-refractivity contribution in [1.29, 1.82) is 0 Å². The molecule has 96 valence electrons. The summed E-state index contributed by atoms with van der Waals surface area (Å²) in [6.45, 7) is 0.0164. The molecule has 1 aromatic heterocycles. The molecule has 0 amide bonds. The molecular weight excluding hydrogens is 299 g/mol. The fraction of sp³-hybridized carbons (Fsp3) is 0.111. The van der Waals surface area contributed by atoms with Crippen LogP contribution in [0.4, 0.5) is 0 Å². The van der Waals surface area contributed by atoms with Crippen LogP contribution in [0.3, 0.4) is 0 Å². The lowest BCUT2D eigenvalue weighted by atomic mass is 10.4. The van der Waals surface area contributed by atoms with Crippen LogP contribution < -0.4 is 4.72 Å². The summed E-state index contributed by atoms with van der Waals surface area (Å²) in [6, 6.07) is 4.08. The summed E-state index contributed by atoms with van der Waals surface area (Å²) in [5.74, 6) is 0.415. The lowest BCUT2D eigenvalue weighted by Gasteiger charge is -2.06. The number of hydrogen-bond donors (Lipinski definition) is 2. The SMILES string of the molecule is O=S(=O)(NCc1ncn[nH]1)c1ccc(Cl)c(Cl)c1. The van der Waals surface area contributed by atoms with E-state index < -0.39 is 10.0 Å². The molecule has 2 aromatic rings. The van der Waals surface area contributed by atoms with Crippen LogP contribution in [0.25, 0.3) is 0 Å². The van der Waals surface area contributed by atoms with Crippen molar-refractivity contribution in [2.45, 2.75) is 11.4 Å². The number of aromatic amines is 1. The number of hydrogen-bond acceptors (Lipinski definition) is 4. The van der Waals surface area contributed by atoms with E-state index in [4.69, 9.17) is 23.2 Å². The monoisotopic (exact) mass is 306 g/mol. The Balaban J connectivity index is 2.17. The molecule has 1 aromatic carbocycles. The van der Waals surface area contributed by atoms with Gasteiger partial charge < -0.3 is 0 Å². The molecule has 0 radical (unpaired) electrons. The Morgan fingerprint density at radius 1 is 1.28 bits per heavy atom. The number of nitrogens with zero attached hydrogens (tertiary/aromatic N) is 2. The van der Waals surface area contributed by atoms with Gasteiger partial charge in [0.05, 0.1) is 21.5 Å². The molecule has 9 heteroatoms. The van der Waals surface area contributed by atoms with Crippen molar-refractivity contribution in [2.75, 3.05) is 0 Å². The van der Waals surface area contributed by atoms with E-state index in [0.717, 1.165) is 0 Å². The zero-order valence-electron chi connectivity index (χ0n) is 8.89. The zero-order valence-corrected chi connectivity index (χ0v) is 11.2. The van der Waals surface area contributed by atoms with Crippen LogP contribution in [0.2, 0.25) is 10.0 Å². The van der Waals surface area contributed by atoms with Crippen LogP contribution in [0.15, 0.2) is 29.4 Å². The van der Waals surface area contributed by atoms with Crippen LogP contribution in [0.1, 0.15) is 5.82 Å². The summed E-state index contributed by atoms with van der Waals surface area (Å²) < 4.78 is 26.2. The summed E-state index contributed by atoms with van der Waals surface area (Å²) in [5.41, 5.74) is 0. The number of rotatable bonds is 4. The van der Waals surface area contributed by atoms with Gasteiger partial charge in [0.2, 0.25) is 10.0 Å². The molecule has 6 nitrogen and oxygen atoms in total. The van der Waals surface area contributed by atoms with Crippen LogP contribution >= 0.6 is 23.2 Å². The van der Waals surface area contributed by atoms with Crippen molar-refractivity contribution in [3.8, 4) is 0 Å². The maximum absolute atomic E-state index is 11.9. The van der Waals surface area contributed by atoms with Crippen molar-refractivity contribution >= 4 is 33.2 Å². The van der Waals surface area contributed by atoms with Crippen molar-refractivity contribution in [3.63, 3.8) is 0 Å². The number of nitrogens with one attached hydrogen (secondary N) is 2. The molecule has 0 saturated carbocycles. The fourth-order valence-corrected chi connectivity index (χ4v) is 2.58. The van der Waals surface area contributed by atoms with Gasteiger partial charge in [-0.2, -0.15) is 5.10 Å². The molecule has 0 atom stereocenters. The summed E-state index contributed by atoms with van der Waals surface area (Å²) in [5, 5.41) is 6.64. The van der Waals surface area contributed by atoms with E-state index in [1.165, 1.54) is 24.5 Å². The van der Waals surface area contributed by atoms with Gasteiger partial charge in [0.1, 0.15) is 12.2 Å². The second kappa shape index (κ2) is 5.23. The lowest BCUT2D eigenvalue weighted by Crippen LogP contribution is -2.23. The summed E-state index contributed by atoms with van der Waals surface area (Å²) >= 11 is 11.5. The lowest BCUT2D eigenvalue weighted by molar-refractivity contribution is 0.579. The third-order valence-corrected chi connectivity index (χ3v) is 4.23. The number of aromatic nitrogens is 3. The van der Waals surface area contributed by atoms with Crippen LogP contribution in [0, 0.1) is 0 Å². The van der Waals surface area contributed by atoms with E-state index in [-0.39, 0.29) is 16.5 Å². The summed E-state index contributed by atoms with van der Waals surface area (Å²) in [4.78, 5) is 3.84. The molecule has 0 saturated heterocycles. The molecule has 0 aliphatic rings. The van der Waals surface area contributed by atoms with Crippen molar-refractivity contribution < 1.29 is 8.42 Å². The third-order valence-electron chi connectivity index (χ3n) is 2.10. The molecule has 0 spiro atoms. The fourth-order valence-electron chi connectivity index (χ4n) is 1.21. The third kappa shape index (κ3) is 2.99. The average molecular weight is 307 g/mol. The quantitative estimate of drug-likeness (QED) is 0.898. The first-order valence-electron chi connectivity index (χ1n) is 4.78. The van der Waals surface area contributed by atoms with Crippen LogP contribution in [-0.4, -0.2) is 23.6 Å². The second-order valence-electron chi connectivity index (χ2n) is 3.33. The molecule has 1 heterocycles. The van der Waals surface area contributed by atoms with Crippen molar-refractivity contribution in [3.05, 3.63) is 40.4 Å². The highest BCUT2D eigenvalue weighted by Gasteiger charge is 2.15. The predicted octanol–water partition coefficient (Wildman–Crippen LogP) is 1.59. The Morgan fingerprint density at radius 2 is 2.06 bits per heavy atom. The molecule has 18 heavy (non-hydrogen) atoms. The van der Waals surface area contributed by atoms with E-state index in [0.29, 0.717) is 10.8 Å². The van der Waals surface area contributed by atoms with E-state index in [1.54, 1.807) is 0 Å². The smallest absolute Gasteiger partial charge is 0.241 e. The minimum Gasteiger partial charge on any atom is -0.262 e. The van der Waals surface area contributed by atoms with Gasteiger partial charge in [0.25, 0.3) is 0 Å². The van der Waals surface area contributed by atoms with E-state index in [1.807, 2.05) is 0 Å². The minimum atomic E-state index is -3.66. The van der Waals surface area contributed by atoms with E-state index >= 15 is 0 Å². The van der Waals surface area contributed by atoms with Gasteiger partial charge in [0.15, 0.2) is 0 Å². The highest BCUT2D eigenvalue weighted by Crippen LogP contribution is 2.24. The Kier molecular flexibility index (Phi) is 3.86. The number of H-pyrrole nitrogens is 1. The molecule has 0 aliphatic carbocycles. The average Bonchev–Trinajstić information content (AvgIpc) is 2.83. The summed E-state index contributed by atoms with van der Waals surface area (Å²) in [6.07, 6.45) is 1.29. The molecule has 2 N–H and O–H groups in total. The number of halogens is 2. The Hall–Kier alpha value is -1.15. The standard InChI is InChI=1S/C9H8Cl2N4O2S/c10-7-2-1-6(3-8(7)11)18(16,17)14-4-9-12-5-13-15-9/h1-3,5,14H,4H2,(H,12,13,15). The first kappa shape index (κ1) is 13.3. The van der Waals surface area contributed by atoms with Crippen LogP contribution in [-0.2, 0) is 16.6 Å². The maximum atomic E-state index is 11.9. The van der Waals surface area contributed by atoms with E-state index in [9.17, 15) is 8.42 Å². The van der Waals surface area contributed by atoms with Crippen molar-refractivity contribution in [2.24, 2.45) is 0 Å². The number of benzene rings is 1. The zero-order chi connectivity index (χ0) is 13.2. The predicted molar refractivity (Wildman–Crippen MR) is 66.9 cm³/mol. The van der Waals surface area contributed by atoms with Gasteiger partial charge in [-0.1, -0.05) is 23.2 Å². The van der Waals surface area contributed by atoms with Gasteiger partial charge >= 0.3 is 0 Å². The van der Waals surface area contributed by atoms with Gasteiger partial charge in [0, 0.05) is 0 Å². The van der Waals surface area contributed by atoms with Crippen LogP contribution in [0.5, 0.6) is 0 Å². The molecular formula is C9H8Cl2N4O2S. The largest absolute Gasteiger partial charge is 0.262 e. The summed E-state index contributed by atoms with van der Waals surface area (Å²) in [7, 11) is -3.66. The maximum Gasteiger partial charge on any atom is 0.241 e. The molecule has 0 aliphatic heterocycles. The van der Waals surface area contributed by atoms with Gasteiger partial charge in [-0.25, -0.2) is 18.1 Å². The van der Waals surface area contributed by atoms with Gasteiger partial charge in [-0.15, -0.1) is 0 Å². The molecule has 0 bridgehead atoms. The first-order valence-corrected chi connectivity index (χ1v) is 7.02. The van der Waals surface area contributed by atoms with Gasteiger partial charge in [-0.05, 0) is 18.2 Å². The topological polar surface area (TPSA) is 87.7 Å². The molecule has 0 fully saturated rings. The second-order valence-corrected chi connectivity index (χ2v) is 5.91. The first-order chi connectivity index (χ1) is 8.49. The highest BCUT2D eigenvalue weighted by atomic mass is 35.5. The Morgan fingerprint density at radius 3 is 2.67 bits per heavy atom. The minimum absolute atomic E-state index is 0.0164. The normalized spacial score (nSPS) is 11.7. The Labute approximate surface area is 113 Å². The van der Waals surface area contributed by atoms with Crippen molar-refractivity contribution in [1.82, 2.24) is 19.9 Å².